The second-order valence-corrected chi connectivity index (χ2v) is 5.50. The molecule has 0 aliphatic heterocycles. The number of nitrogens with one attached hydrogen (secondary N) is 1. The van der Waals surface area contributed by atoms with Crippen molar-refractivity contribution in [3.05, 3.63) is 29.6 Å². The Morgan fingerprint density at radius 1 is 1.55 bits per heavy atom. The summed E-state index contributed by atoms with van der Waals surface area (Å²) in [4.78, 5) is 11.9. The van der Waals surface area contributed by atoms with Gasteiger partial charge >= 0.3 is 0 Å². The first-order valence-electron chi connectivity index (χ1n) is 6.38. The van der Waals surface area contributed by atoms with Gasteiger partial charge in [-0.25, -0.2) is 4.39 Å². The van der Waals surface area contributed by atoms with Crippen LogP contribution in [0.25, 0.3) is 0 Å². The van der Waals surface area contributed by atoms with E-state index in [0.717, 1.165) is 5.75 Å². The van der Waals surface area contributed by atoms with E-state index in [1.54, 1.807) is 30.8 Å². The zero-order chi connectivity index (χ0) is 15.1. The Labute approximate surface area is 123 Å². The molecule has 0 aliphatic carbocycles. The summed E-state index contributed by atoms with van der Waals surface area (Å²) in [5.41, 5.74) is 6.46. The predicted octanol–water partition coefficient (Wildman–Crippen LogP) is 2.09. The van der Waals surface area contributed by atoms with Gasteiger partial charge in [0.15, 0.2) is 11.6 Å². The molecule has 1 aromatic rings. The molecule has 112 valence electrons. The molecule has 1 aromatic carbocycles. The van der Waals surface area contributed by atoms with E-state index in [1.165, 1.54) is 13.2 Å². The molecule has 6 heteroatoms. The van der Waals surface area contributed by atoms with Crippen molar-refractivity contribution in [1.29, 1.82) is 0 Å². The molecule has 0 fully saturated rings. The van der Waals surface area contributed by atoms with Crippen LogP contribution >= 0.6 is 11.8 Å². The van der Waals surface area contributed by atoms with Crippen LogP contribution in [0.2, 0.25) is 0 Å². The van der Waals surface area contributed by atoms with Crippen LogP contribution in [0, 0.1) is 5.82 Å². The SMILES string of the molecule is COc1ccc(C(C)NC(=O)[C@@H](N)CCSC)cc1F. The van der Waals surface area contributed by atoms with Gasteiger partial charge in [0.05, 0.1) is 19.2 Å². The van der Waals surface area contributed by atoms with Crippen LogP contribution in [0.5, 0.6) is 5.75 Å². The van der Waals surface area contributed by atoms with Crippen molar-refractivity contribution in [3.63, 3.8) is 0 Å². The van der Waals surface area contributed by atoms with Crippen LogP contribution < -0.4 is 15.8 Å². The molecule has 0 radical (unpaired) electrons. The highest BCUT2D eigenvalue weighted by Crippen LogP contribution is 2.21. The van der Waals surface area contributed by atoms with Gasteiger partial charge in [0.25, 0.3) is 0 Å². The molecular formula is C14H21FN2O2S. The largest absolute Gasteiger partial charge is 0.494 e. The van der Waals surface area contributed by atoms with E-state index in [4.69, 9.17) is 10.5 Å². The number of nitrogens with two attached hydrogens (primary N) is 1. The summed E-state index contributed by atoms with van der Waals surface area (Å²) in [7, 11) is 1.41. The first kappa shape index (κ1) is 16.8. The predicted molar refractivity (Wildman–Crippen MR) is 80.5 cm³/mol. The molecule has 20 heavy (non-hydrogen) atoms. The number of carbonyl (C=O) groups is 1. The quantitative estimate of drug-likeness (QED) is 0.809. The third kappa shape index (κ3) is 4.68. The second-order valence-electron chi connectivity index (χ2n) is 4.51. The number of hydrogen-bond donors (Lipinski definition) is 2. The molecule has 1 amide bonds. The molecule has 2 atom stereocenters. The van der Waals surface area contributed by atoms with Crippen LogP contribution in [0.1, 0.15) is 24.9 Å². The lowest BCUT2D eigenvalue weighted by atomic mass is 10.1. The maximum absolute atomic E-state index is 13.6. The smallest absolute Gasteiger partial charge is 0.237 e. The van der Waals surface area contributed by atoms with Gasteiger partial charge in [0, 0.05) is 0 Å². The lowest BCUT2D eigenvalue weighted by Gasteiger charge is -2.18. The van der Waals surface area contributed by atoms with Crippen LogP contribution in [0.3, 0.4) is 0 Å². The van der Waals surface area contributed by atoms with Gasteiger partial charge in [-0.1, -0.05) is 6.07 Å². The summed E-state index contributed by atoms with van der Waals surface area (Å²) in [5.74, 6) is 0.352. The van der Waals surface area contributed by atoms with Crippen molar-refractivity contribution in [2.24, 2.45) is 5.73 Å². The molecule has 0 heterocycles. The highest BCUT2D eigenvalue weighted by molar-refractivity contribution is 7.98. The topological polar surface area (TPSA) is 64.3 Å². The Morgan fingerprint density at radius 3 is 2.80 bits per heavy atom. The first-order chi connectivity index (χ1) is 9.49. The Kier molecular flexibility index (Phi) is 6.81. The lowest BCUT2D eigenvalue weighted by molar-refractivity contribution is -0.123. The minimum Gasteiger partial charge on any atom is -0.494 e. The van der Waals surface area contributed by atoms with Crippen molar-refractivity contribution in [2.45, 2.75) is 25.4 Å². The van der Waals surface area contributed by atoms with E-state index in [2.05, 4.69) is 5.32 Å². The van der Waals surface area contributed by atoms with E-state index in [1.807, 2.05) is 6.26 Å². The summed E-state index contributed by atoms with van der Waals surface area (Å²) < 4.78 is 18.5. The minimum absolute atomic E-state index is 0.184. The number of halogens is 1. The molecular weight excluding hydrogens is 279 g/mol. The third-order valence-electron chi connectivity index (χ3n) is 3.00. The van der Waals surface area contributed by atoms with E-state index in [0.29, 0.717) is 12.0 Å². The molecule has 1 unspecified atom stereocenters. The number of benzene rings is 1. The maximum atomic E-state index is 13.6. The standard InChI is InChI=1S/C14H21FN2O2S/c1-9(17-14(18)12(16)6-7-20-3)10-4-5-13(19-2)11(15)8-10/h4-5,8-9,12H,6-7,16H2,1-3H3,(H,17,18)/t9?,12-/m0/s1. The van der Waals surface area contributed by atoms with Gasteiger partial charge in [-0.3, -0.25) is 4.79 Å². The van der Waals surface area contributed by atoms with Crippen LogP contribution in [0.15, 0.2) is 18.2 Å². The highest BCUT2D eigenvalue weighted by atomic mass is 32.2. The van der Waals surface area contributed by atoms with Gasteiger partial charge in [-0.05, 0) is 43.0 Å². The molecule has 3 N–H and O–H groups in total. The average molecular weight is 300 g/mol. The number of methoxy groups -OCH3 is 1. The molecule has 0 aromatic heterocycles. The monoisotopic (exact) mass is 300 g/mol. The first-order valence-corrected chi connectivity index (χ1v) is 7.77. The normalized spacial score (nSPS) is 13.7. The van der Waals surface area contributed by atoms with E-state index in [-0.39, 0.29) is 17.7 Å². The lowest BCUT2D eigenvalue weighted by Crippen LogP contribution is -2.41. The fourth-order valence-corrected chi connectivity index (χ4v) is 2.22. The van der Waals surface area contributed by atoms with Gasteiger partial charge in [0.2, 0.25) is 5.91 Å². The van der Waals surface area contributed by atoms with Gasteiger partial charge in [0.1, 0.15) is 0 Å². The molecule has 0 saturated heterocycles. The molecule has 0 aliphatic rings. The number of rotatable bonds is 7. The summed E-state index contributed by atoms with van der Waals surface area (Å²) >= 11 is 1.65. The van der Waals surface area contributed by atoms with E-state index in [9.17, 15) is 9.18 Å². The van der Waals surface area contributed by atoms with Crippen molar-refractivity contribution in [3.8, 4) is 5.75 Å². The van der Waals surface area contributed by atoms with Crippen molar-refractivity contribution in [2.75, 3.05) is 19.1 Å². The number of ether oxygens (including phenoxy) is 1. The van der Waals surface area contributed by atoms with Crippen molar-refractivity contribution >= 4 is 17.7 Å². The van der Waals surface area contributed by atoms with Crippen LogP contribution in [-0.2, 0) is 4.79 Å². The van der Waals surface area contributed by atoms with E-state index < -0.39 is 11.9 Å². The average Bonchev–Trinajstić information content (AvgIpc) is 2.44. The zero-order valence-corrected chi connectivity index (χ0v) is 12.8. The molecule has 0 bridgehead atoms. The number of carbonyl (C=O) groups excluding carboxylic acids is 1. The van der Waals surface area contributed by atoms with Crippen molar-refractivity contribution in [1.82, 2.24) is 5.32 Å². The number of amides is 1. The molecule has 0 saturated carbocycles. The summed E-state index contributed by atoms with van der Waals surface area (Å²) in [6, 6.07) is 3.79. The fraction of sp³-hybridized carbons (Fsp3) is 0.500. The van der Waals surface area contributed by atoms with Crippen LogP contribution in [-0.4, -0.2) is 31.1 Å². The molecule has 0 spiro atoms. The minimum atomic E-state index is -0.534. The maximum Gasteiger partial charge on any atom is 0.237 e. The summed E-state index contributed by atoms with van der Waals surface area (Å²) in [5, 5.41) is 2.79. The van der Waals surface area contributed by atoms with Gasteiger partial charge < -0.3 is 15.8 Å². The zero-order valence-electron chi connectivity index (χ0n) is 12.0. The summed E-state index contributed by atoms with van der Waals surface area (Å²) in [6.45, 7) is 1.79. The third-order valence-corrected chi connectivity index (χ3v) is 3.65. The fourth-order valence-electron chi connectivity index (χ4n) is 1.73. The Bertz CT molecular complexity index is 457. The number of hydrogen-bond acceptors (Lipinski definition) is 4. The number of thioether (sulfide) groups is 1. The van der Waals surface area contributed by atoms with E-state index >= 15 is 0 Å². The van der Waals surface area contributed by atoms with Crippen molar-refractivity contribution < 1.29 is 13.9 Å². The highest BCUT2D eigenvalue weighted by Gasteiger charge is 2.17. The Morgan fingerprint density at radius 2 is 2.25 bits per heavy atom. The Balaban J connectivity index is 2.64. The Hall–Kier alpha value is -1.27. The van der Waals surface area contributed by atoms with Gasteiger partial charge in [-0.2, -0.15) is 11.8 Å². The van der Waals surface area contributed by atoms with Crippen LogP contribution in [0.4, 0.5) is 4.39 Å². The summed E-state index contributed by atoms with van der Waals surface area (Å²) in [6.07, 6.45) is 2.59. The molecule has 1 rings (SSSR count). The second kappa shape index (κ2) is 8.11. The molecule has 4 nitrogen and oxygen atoms in total. The van der Waals surface area contributed by atoms with Gasteiger partial charge in [-0.15, -0.1) is 0 Å².